The molecule has 0 saturated carbocycles. The van der Waals surface area contributed by atoms with Crippen LogP contribution in [-0.2, 0) is 19.6 Å². The molecule has 0 amide bonds. The average molecular weight is 460 g/mol. The van der Waals surface area contributed by atoms with Crippen molar-refractivity contribution in [3.8, 4) is 5.75 Å². The molecule has 3 aromatic rings. The third-order valence-electron chi connectivity index (χ3n) is 5.36. The Kier molecular flexibility index (Phi) is 6.35. The largest absolute Gasteiger partial charge is 0.488 e. The van der Waals surface area contributed by atoms with Gasteiger partial charge in [0.05, 0.1) is 5.56 Å². The van der Waals surface area contributed by atoms with Crippen molar-refractivity contribution in [2.75, 3.05) is 11.4 Å². The monoisotopic (exact) mass is 459 g/mol. The zero-order valence-corrected chi connectivity index (χ0v) is 18.1. The van der Waals surface area contributed by atoms with E-state index in [2.05, 4.69) is 4.90 Å². The molecule has 0 spiro atoms. The summed E-state index contributed by atoms with van der Waals surface area (Å²) >= 11 is 12.1. The summed E-state index contributed by atoms with van der Waals surface area (Å²) < 4.78 is 20.0. The van der Waals surface area contributed by atoms with E-state index in [0.29, 0.717) is 33.5 Å². The summed E-state index contributed by atoms with van der Waals surface area (Å²) in [7, 11) is 0. The summed E-state index contributed by atoms with van der Waals surface area (Å²) in [5.41, 5.74) is 3.33. The predicted octanol–water partition coefficient (Wildman–Crippen LogP) is 6.36. The predicted molar refractivity (Wildman–Crippen MR) is 120 cm³/mol. The van der Waals surface area contributed by atoms with Gasteiger partial charge in [0.25, 0.3) is 0 Å². The second-order valence-corrected chi connectivity index (χ2v) is 8.28. The van der Waals surface area contributed by atoms with E-state index in [-0.39, 0.29) is 6.61 Å². The molecule has 1 heterocycles. The van der Waals surface area contributed by atoms with Crippen LogP contribution in [0.5, 0.6) is 5.75 Å². The zero-order valence-electron chi connectivity index (χ0n) is 16.6. The lowest BCUT2D eigenvalue weighted by molar-refractivity contribution is 0.0695. The lowest BCUT2D eigenvalue weighted by atomic mass is 9.96. The van der Waals surface area contributed by atoms with Crippen molar-refractivity contribution in [2.24, 2.45) is 0 Å². The number of carboxylic acid groups (broad SMARTS) is 1. The molecule has 160 valence electrons. The van der Waals surface area contributed by atoms with Crippen LogP contribution >= 0.6 is 23.2 Å². The first kappa shape index (κ1) is 21.5. The van der Waals surface area contributed by atoms with E-state index in [1.54, 1.807) is 36.4 Å². The van der Waals surface area contributed by atoms with Gasteiger partial charge < -0.3 is 14.7 Å². The van der Waals surface area contributed by atoms with Gasteiger partial charge in [-0.1, -0.05) is 35.3 Å². The Morgan fingerprint density at radius 2 is 1.84 bits per heavy atom. The number of hydrogen-bond donors (Lipinski definition) is 1. The fourth-order valence-electron chi connectivity index (χ4n) is 3.88. The molecule has 1 N–H and O–H groups in total. The van der Waals surface area contributed by atoms with Crippen molar-refractivity contribution in [1.29, 1.82) is 0 Å². The number of benzene rings is 3. The number of aromatic carboxylic acids is 1. The van der Waals surface area contributed by atoms with Gasteiger partial charge in [-0.05, 0) is 60.9 Å². The van der Waals surface area contributed by atoms with E-state index in [1.807, 2.05) is 12.1 Å². The molecular weight excluding hydrogens is 440 g/mol. The highest BCUT2D eigenvalue weighted by atomic mass is 35.5. The molecule has 1 aliphatic rings. The zero-order chi connectivity index (χ0) is 22.0. The Labute approximate surface area is 189 Å². The van der Waals surface area contributed by atoms with E-state index in [9.17, 15) is 14.3 Å². The maximum Gasteiger partial charge on any atom is 0.336 e. The third-order valence-corrected chi connectivity index (χ3v) is 5.83. The van der Waals surface area contributed by atoms with Gasteiger partial charge in [-0.3, -0.25) is 0 Å². The molecular formula is C24H20Cl2FNO3. The Bertz CT molecular complexity index is 1140. The maximum atomic E-state index is 14.1. The van der Waals surface area contributed by atoms with Crippen molar-refractivity contribution in [2.45, 2.75) is 26.0 Å². The Morgan fingerprint density at radius 1 is 1.06 bits per heavy atom. The number of fused-ring (bicyclic) bond motifs is 1. The SMILES string of the molecule is O=C(O)c1cccc2c1CCCN2Cc1cc(Cl)ccc1OCc1ccc(Cl)cc1F. The summed E-state index contributed by atoms with van der Waals surface area (Å²) in [6.07, 6.45) is 1.58. The van der Waals surface area contributed by atoms with Crippen molar-refractivity contribution in [3.63, 3.8) is 0 Å². The maximum absolute atomic E-state index is 14.1. The first-order valence-corrected chi connectivity index (χ1v) is 10.6. The second-order valence-electron chi connectivity index (χ2n) is 7.41. The Balaban J connectivity index is 1.59. The molecule has 4 nitrogen and oxygen atoms in total. The van der Waals surface area contributed by atoms with Gasteiger partial charge in [0, 0.05) is 39.9 Å². The number of ether oxygens (including phenoxy) is 1. The smallest absolute Gasteiger partial charge is 0.336 e. The third kappa shape index (κ3) is 4.78. The van der Waals surface area contributed by atoms with Crippen molar-refractivity contribution in [1.82, 2.24) is 0 Å². The van der Waals surface area contributed by atoms with E-state index < -0.39 is 11.8 Å². The van der Waals surface area contributed by atoms with E-state index in [0.717, 1.165) is 36.2 Å². The van der Waals surface area contributed by atoms with Crippen LogP contribution in [0, 0.1) is 5.82 Å². The molecule has 0 atom stereocenters. The molecule has 0 unspecified atom stereocenters. The highest BCUT2D eigenvalue weighted by Crippen LogP contribution is 2.33. The van der Waals surface area contributed by atoms with E-state index in [4.69, 9.17) is 27.9 Å². The molecule has 1 aliphatic heterocycles. The summed E-state index contributed by atoms with van der Waals surface area (Å²) in [6.45, 7) is 1.33. The Morgan fingerprint density at radius 3 is 2.61 bits per heavy atom. The molecule has 0 saturated heterocycles. The second kappa shape index (κ2) is 9.16. The van der Waals surface area contributed by atoms with Crippen molar-refractivity contribution < 1.29 is 19.0 Å². The van der Waals surface area contributed by atoms with Gasteiger partial charge in [-0.2, -0.15) is 0 Å². The minimum atomic E-state index is -0.921. The van der Waals surface area contributed by atoms with Crippen LogP contribution in [0.15, 0.2) is 54.6 Å². The van der Waals surface area contributed by atoms with Gasteiger partial charge in [0.1, 0.15) is 18.2 Å². The number of hydrogen-bond acceptors (Lipinski definition) is 3. The average Bonchev–Trinajstić information content (AvgIpc) is 2.74. The summed E-state index contributed by atoms with van der Waals surface area (Å²) in [5, 5.41) is 10.4. The summed E-state index contributed by atoms with van der Waals surface area (Å²) in [5.74, 6) is -0.745. The Hall–Kier alpha value is -2.76. The van der Waals surface area contributed by atoms with Gasteiger partial charge >= 0.3 is 5.97 Å². The first-order valence-electron chi connectivity index (χ1n) is 9.87. The van der Waals surface area contributed by atoms with Crippen LogP contribution in [0.3, 0.4) is 0 Å². The van der Waals surface area contributed by atoms with Crippen LogP contribution in [0.1, 0.15) is 33.5 Å². The molecule has 3 aromatic carbocycles. The van der Waals surface area contributed by atoms with Crippen LogP contribution in [0.2, 0.25) is 10.0 Å². The minimum Gasteiger partial charge on any atom is -0.488 e. The standard InChI is InChI=1S/C24H20Cl2FNO3/c25-17-8-9-23(31-14-15-6-7-18(26)12-21(15)27)16(11-17)13-28-10-2-4-19-20(24(29)30)3-1-5-22(19)28/h1,3,5-9,11-12H,2,4,10,13-14H2,(H,29,30). The van der Waals surface area contributed by atoms with Crippen LogP contribution < -0.4 is 9.64 Å². The van der Waals surface area contributed by atoms with E-state index >= 15 is 0 Å². The van der Waals surface area contributed by atoms with Crippen molar-refractivity contribution in [3.05, 3.63) is 92.7 Å². The van der Waals surface area contributed by atoms with Gasteiger partial charge in [0.2, 0.25) is 0 Å². The number of nitrogens with zero attached hydrogens (tertiary/aromatic N) is 1. The van der Waals surface area contributed by atoms with Gasteiger partial charge in [-0.25, -0.2) is 9.18 Å². The molecule has 0 bridgehead atoms. The molecule has 0 aliphatic carbocycles. The lowest BCUT2D eigenvalue weighted by Crippen LogP contribution is -2.30. The molecule has 7 heteroatoms. The quantitative estimate of drug-likeness (QED) is 0.465. The lowest BCUT2D eigenvalue weighted by Gasteiger charge is -2.32. The highest BCUT2D eigenvalue weighted by molar-refractivity contribution is 6.30. The molecule has 31 heavy (non-hydrogen) atoms. The van der Waals surface area contributed by atoms with E-state index in [1.165, 1.54) is 6.07 Å². The van der Waals surface area contributed by atoms with Crippen LogP contribution in [-0.4, -0.2) is 17.6 Å². The number of anilines is 1. The molecule has 0 fully saturated rings. The highest BCUT2D eigenvalue weighted by Gasteiger charge is 2.23. The molecule has 0 aromatic heterocycles. The van der Waals surface area contributed by atoms with Crippen LogP contribution in [0.4, 0.5) is 10.1 Å². The summed E-state index contributed by atoms with van der Waals surface area (Å²) in [4.78, 5) is 13.7. The van der Waals surface area contributed by atoms with Gasteiger partial charge in [0.15, 0.2) is 0 Å². The minimum absolute atomic E-state index is 0.0530. The number of carboxylic acids is 1. The fourth-order valence-corrected chi connectivity index (χ4v) is 4.23. The first-order chi connectivity index (χ1) is 14.9. The van der Waals surface area contributed by atoms with Crippen LogP contribution in [0.25, 0.3) is 0 Å². The number of rotatable bonds is 6. The van der Waals surface area contributed by atoms with Gasteiger partial charge in [-0.15, -0.1) is 0 Å². The normalized spacial score (nSPS) is 13.1. The number of halogens is 3. The fraction of sp³-hybridized carbons (Fsp3) is 0.208. The summed E-state index contributed by atoms with van der Waals surface area (Å²) in [6, 6.07) is 15.1. The topological polar surface area (TPSA) is 49.8 Å². The van der Waals surface area contributed by atoms with Crippen molar-refractivity contribution >= 4 is 34.9 Å². The molecule has 4 rings (SSSR count). The molecule has 0 radical (unpaired) electrons. The number of carbonyl (C=O) groups is 1.